The number of alkyl halides is 1. The number of carbonyl (C=O) groups is 1. The zero-order valence-corrected chi connectivity index (χ0v) is 22.6. The van der Waals surface area contributed by atoms with Gasteiger partial charge in [-0.1, -0.05) is 113 Å². The average molecular weight is 545 g/mol. The van der Waals surface area contributed by atoms with E-state index in [1.54, 1.807) is 0 Å². The van der Waals surface area contributed by atoms with Gasteiger partial charge in [-0.2, -0.15) is 0 Å². The van der Waals surface area contributed by atoms with Gasteiger partial charge in [0.05, 0.1) is 19.8 Å². The van der Waals surface area contributed by atoms with Crippen molar-refractivity contribution in [3.8, 4) is 0 Å². The third-order valence-electron chi connectivity index (χ3n) is 5.16. The summed E-state index contributed by atoms with van der Waals surface area (Å²) in [6.07, 6.45) is 19.6. The first kappa shape index (κ1) is 31.9. The molecule has 0 aliphatic rings. The van der Waals surface area contributed by atoms with Crippen molar-refractivity contribution >= 4 is 29.8 Å². The lowest BCUT2D eigenvalue weighted by atomic mass is 10.0. The normalized spacial score (nSPS) is 13.1. The van der Waals surface area contributed by atoms with Crippen LogP contribution in [0.25, 0.3) is 0 Å². The van der Waals surface area contributed by atoms with Gasteiger partial charge in [-0.25, -0.2) is 9.36 Å². The van der Waals surface area contributed by atoms with E-state index in [1.165, 1.54) is 83.5 Å². The van der Waals surface area contributed by atoms with Gasteiger partial charge >= 0.3 is 13.9 Å². The number of alkyl carbamates (subject to hydrolysis) is 1. The maximum absolute atomic E-state index is 11.6. The number of hydrogen-bond acceptors (Lipinski definition) is 5. The van der Waals surface area contributed by atoms with E-state index in [9.17, 15) is 14.3 Å². The minimum absolute atomic E-state index is 0.0115. The van der Waals surface area contributed by atoms with Crippen LogP contribution < -0.4 is 5.32 Å². The largest absolute Gasteiger partial charge is 0.472 e. The molecule has 0 radical (unpaired) electrons. The highest BCUT2D eigenvalue weighted by Crippen LogP contribution is 2.43. The molecule has 1 atom stereocenters. The zero-order valence-electron chi connectivity index (χ0n) is 20.2. The van der Waals surface area contributed by atoms with Gasteiger partial charge in [-0.05, 0) is 6.42 Å². The molecule has 0 saturated heterocycles. The van der Waals surface area contributed by atoms with E-state index in [0.717, 1.165) is 12.8 Å². The summed E-state index contributed by atoms with van der Waals surface area (Å²) in [7, 11) is -4.01. The SMILES string of the molecule is CCCCCCCCCCCCCCCCCNC(=O)OCCCOP(=O)(O)OCCBr. The van der Waals surface area contributed by atoms with Gasteiger partial charge in [0.1, 0.15) is 0 Å². The quantitative estimate of drug-likeness (QED) is 0.0742. The van der Waals surface area contributed by atoms with Gasteiger partial charge in [0.25, 0.3) is 0 Å². The molecule has 0 saturated carbocycles. The van der Waals surface area contributed by atoms with E-state index in [4.69, 9.17) is 9.26 Å². The number of phosphoric ester groups is 1. The fourth-order valence-electron chi connectivity index (χ4n) is 3.33. The molecule has 0 heterocycles. The Balaban J connectivity index is 3.27. The van der Waals surface area contributed by atoms with Gasteiger partial charge in [0, 0.05) is 18.3 Å². The van der Waals surface area contributed by atoms with Gasteiger partial charge in [0.15, 0.2) is 0 Å². The first-order chi connectivity index (χ1) is 15.5. The van der Waals surface area contributed by atoms with Gasteiger partial charge in [-0.15, -0.1) is 0 Å². The number of carbonyl (C=O) groups excluding carboxylic acids is 1. The van der Waals surface area contributed by atoms with Crippen molar-refractivity contribution in [2.24, 2.45) is 0 Å². The van der Waals surface area contributed by atoms with Crippen LogP contribution >= 0.6 is 23.8 Å². The predicted octanol–water partition coefficient (Wildman–Crippen LogP) is 7.50. The lowest BCUT2D eigenvalue weighted by molar-refractivity contribution is 0.123. The molecule has 9 heteroatoms. The Morgan fingerprint density at radius 2 is 1.22 bits per heavy atom. The Labute approximate surface area is 204 Å². The number of ether oxygens (including phenoxy) is 1. The Morgan fingerprint density at radius 1 is 0.750 bits per heavy atom. The van der Waals surface area contributed by atoms with E-state index >= 15 is 0 Å². The van der Waals surface area contributed by atoms with Crippen LogP contribution in [0.3, 0.4) is 0 Å². The molecule has 1 unspecified atom stereocenters. The highest BCUT2D eigenvalue weighted by atomic mass is 79.9. The van der Waals surface area contributed by atoms with E-state index < -0.39 is 13.9 Å². The molecule has 7 nitrogen and oxygen atoms in total. The first-order valence-electron chi connectivity index (χ1n) is 12.6. The van der Waals surface area contributed by atoms with Crippen LogP contribution in [0.15, 0.2) is 0 Å². The molecule has 0 aromatic heterocycles. The van der Waals surface area contributed by atoms with E-state index in [-0.39, 0.29) is 19.8 Å². The average Bonchev–Trinajstić information content (AvgIpc) is 2.77. The number of hydrogen-bond donors (Lipinski definition) is 2. The molecule has 1 amide bonds. The minimum atomic E-state index is -4.01. The highest BCUT2D eigenvalue weighted by Gasteiger charge is 2.19. The summed E-state index contributed by atoms with van der Waals surface area (Å²) in [5.74, 6) is 0. The van der Waals surface area contributed by atoms with Gasteiger partial charge < -0.3 is 14.9 Å². The van der Waals surface area contributed by atoms with Crippen molar-refractivity contribution in [2.75, 3.05) is 31.7 Å². The molecule has 0 bridgehead atoms. The second-order valence-electron chi connectivity index (χ2n) is 8.19. The number of amides is 1. The Kier molecular flexibility index (Phi) is 23.9. The van der Waals surface area contributed by atoms with Crippen molar-refractivity contribution in [3.05, 3.63) is 0 Å². The molecule has 0 aliphatic heterocycles. The molecule has 0 aromatic carbocycles. The van der Waals surface area contributed by atoms with Crippen LogP contribution in [-0.4, -0.2) is 42.7 Å². The lowest BCUT2D eigenvalue weighted by Gasteiger charge is -2.11. The predicted molar refractivity (Wildman–Crippen MR) is 134 cm³/mol. The Bertz CT molecular complexity index is 470. The molecule has 32 heavy (non-hydrogen) atoms. The molecule has 2 N–H and O–H groups in total. The van der Waals surface area contributed by atoms with Crippen molar-refractivity contribution in [1.29, 1.82) is 0 Å². The van der Waals surface area contributed by atoms with Crippen LogP contribution in [-0.2, 0) is 18.3 Å². The number of halogens is 1. The van der Waals surface area contributed by atoms with Crippen LogP contribution in [0.5, 0.6) is 0 Å². The molecular formula is C23H47BrNO6P. The summed E-state index contributed by atoms with van der Waals surface area (Å²) < 4.78 is 25.9. The van der Waals surface area contributed by atoms with Gasteiger partial charge in [0.2, 0.25) is 0 Å². The number of unbranched alkanes of at least 4 members (excludes halogenated alkanes) is 14. The molecule has 192 valence electrons. The fraction of sp³-hybridized carbons (Fsp3) is 0.957. The van der Waals surface area contributed by atoms with Crippen LogP contribution in [0.2, 0.25) is 0 Å². The monoisotopic (exact) mass is 543 g/mol. The second kappa shape index (κ2) is 24.0. The van der Waals surface area contributed by atoms with Crippen LogP contribution in [0, 0.1) is 0 Å². The minimum Gasteiger partial charge on any atom is -0.449 e. The van der Waals surface area contributed by atoms with E-state index in [1.807, 2.05) is 0 Å². The van der Waals surface area contributed by atoms with E-state index in [2.05, 4.69) is 32.7 Å². The Morgan fingerprint density at radius 3 is 1.72 bits per heavy atom. The number of nitrogens with one attached hydrogen (secondary N) is 1. The smallest absolute Gasteiger partial charge is 0.449 e. The van der Waals surface area contributed by atoms with Gasteiger partial charge in [-0.3, -0.25) is 9.05 Å². The maximum atomic E-state index is 11.6. The number of rotatable bonds is 24. The third-order valence-corrected chi connectivity index (χ3v) is 6.50. The second-order valence-corrected chi connectivity index (χ2v) is 10.4. The van der Waals surface area contributed by atoms with Crippen LogP contribution in [0.4, 0.5) is 4.79 Å². The summed E-state index contributed by atoms with van der Waals surface area (Å²) in [4.78, 5) is 20.9. The summed E-state index contributed by atoms with van der Waals surface area (Å²) >= 11 is 3.09. The van der Waals surface area contributed by atoms with Crippen molar-refractivity contribution in [1.82, 2.24) is 5.32 Å². The lowest BCUT2D eigenvalue weighted by Crippen LogP contribution is -2.25. The maximum Gasteiger partial charge on any atom is 0.472 e. The molecule has 0 rings (SSSR count). The zero-order chi connectivity index (χ0) is 23.8. The number of phosphoric acid groups is 1. The summed E-state index contributed by atoms with van der Waals surface area (Å²) in [5, 5.41) is 3.18. The summed E-state index contributed by atoms with van der Waals surface area (Å²) in [6, 6.07) is 0. The van der Waals surface area contributed by atoms with Crippen molar-refractivity contribution in [2.45, 2.75) is 110 Å². The molecule has 0 aliphatic carbocycles. The summed E-state index contributed by atoms with van der Waals surface area (Å²) in [5.41, 5.74) is 0. The molecule has 0 spiro atoms. The molecule has 0 fully saturated rings. The van der Waals surface area contributed by atoms with E-state index in [0.29, 0.717) is 18.3 Å². The highest BCUT2D eigenvalue weighted by molar-refractivity contribution is 9.09. The fourth-order valence-corrected chi connectivity index (χ4v) is 4.50. The molecular weight excluding hydrogens is 497 g/mol. The topological polar surface area (TPSA) is 94.1 Å². The van der Waals surface area contributed by atoms with Crippen molar-refractivity contribution < 1.29 is 28.0 Å². The van der Waals surface area contributed by atoms with Crippen molar-refractivity contribution in [3.63, 3.8) is 0 Å². The Hall–Kier alpha value is -0.140. The first-order valence-corrected chi connectivity index (χ1v) is 15.2. The molecule has 0 aromatic rings. The standard InChI is InChI=1S/C23H47BrNO6P/c1-2-3-4-5-6-7-8-9-10-11-12-13-14-15-16-19-25-23(26)29-20-17-21-30-32(27,28)31-22-18-24/h2-22H2,1H3,(H,25,26)(H,27,28). The third kappa shape index (κ3) is 24.5. The van der Waals surface area contributed by atoms with Crippen LogP contribution in [0.1, 0.15) is 110 Å². The summed E-state index contributed by atoms with van der Waals surface area (Å²) in [6.45, 7) is 3.08.